The largest absolute Gasteiger partial charge is 0.466 e. The van der Waals surface area contributed by atoms with Gasteiger partial charge in [-0.1, -0.05) is 0 Å². The first kappa shape index (κ1) is 19.8. The summed E-state index contributed by atoms with van der Waals surface area (Å²) in [5, 5.41) is 17.1. The Balaban J connectivity index is 1.82. The highest BCUT2D eigenvalue weighted by molar-refractivity contribution is 5.79. The van der Waals surface area contributed by atoms with Gasteiger partial charge in [0.1, 0.15) is 11.4 Å². The molecule has 0 aromatic carbocycles. The van der Waals surface area contributed by atoms with Gasteiger partial charge in [-0.25, -0.2) is 4.99 Å². The lowest BCUT2D eigenvalue weighted by Crippen LogP contribution is -2.43. The maximum Gasteiger partial charge on any atom is 0.191 e. The quantitative estimate of drug-likeness (QED) is 0.409. The number of guanidine groups is 1. The second-order valence-electron chi connectivity index (χ2n) is 6.63. The first-order valence-corrected chi connectivity index (χ1v) is 9.08. The lowest BCUT2D eigenvalue weighted by atomic mass is 10.0. The van der Waals surface area contributed by atoms with Gasteiger partial charge in [0.05, 0.1) is 19.4 Å². The SMILES string of the molecule is CCNC(=NCC(C)(O)c1ccco1)NCCN(CCOC)C1CC1. The number of rotatable bonds is 11. The van der Waals surface area contributed by atoms with Crippen LogP contribution in [-0.2, 0) is 10.3 Å². The van der Waals surface area contributed by atoms with E-state index in [1.54, 1.807) is 32.4 Å². The van der Waals surface area contributed by atoms with E-state index >= 15 is 0 Å². The van der Waals surface area contributed by atoms with Gasteiger partial charge < -0.3 is 24.9 Å². The fourth-order valence-electron chi connectivity index (χ4n) is 2.68. The number of hydrogen-bond acceptors (Lipinski definition) is 5. The molecule has 1 aliphatic carbocycles. The Morgan fingerprint density at radius 2 is 2.24 bits per heavy atom. The molecule has 0 saturated heterocycles. The molecule has 1 fully saturated rings. The van der Waals surface area contributed by atoms with Crippen LogP contribution in [-0.4, -0.2) is 68.4 Å². The highest BCUT2D eigenvalue weighted by Gasteiger charge is 2.28. The molecule has 0 amide bonds. The van der Waals surface area contributed by atoms with Crippen molar-refractivity contribution in [3.63, 3.8) is 0 Å². The van der Waals surface area contributed by atoms with Crippen LogP contribution >= 0.6 is 0 Å². The fraction of sp³-hybridized carbons (Fsp3) is 0.722. The molecule has 0 spiro atoms. The topological polar surface area (TPSA) is 82.3 Å². The van der Waals surface area contributed by atoms with Crippen molar-refractivity contribution in [2.45, 2.75) is 38.3 Å². The van der Waals surface area contributed by atoms with Crippen molar-refractivity contribution in [3.05, 3.63) is 24.2 Å². The van der Waals surface area contributed by atoms with Gasteiger partial charge >= 0.3 is 0 Å². The zero-order valence-corrected chi connectivity index (χ0v) is 15.6. The molecule has 1 aromatic heterocycles. The van der Waals surface area contributed by atoms with Crippen LogP contribution in [0.1, 0.15) is 32.4 Å². The van der Waals surface area contributed by atoms with Crippen molar-refractivity contribution in [2.75, 3.05) is 46.4 Å². The van der Waals surface area contributed by atoms with E-state index in [1.165, 1.54) is 12.8 Å². The van der Waals surface area contributed by atoms with Gasteiger partial charge in [-0.2, -0.15) is 0 Å². The Labute approximate surface area is 150 Å². The molecule has 0 radical (unpaired) electrons. The predicted molar refractivity (Wildman–Crippen MR) is 98.7 cm³/mol. The van der Waals surface area contributed by atoms with Gasteiger partial charge in [-0.3, -0.25) is 4.90 Å². The summed E-state index contributed by atoms with van der Waals surface area (Å²) in [6, 6.07) is 4.24. The molecule has 1 unspecified atom stereocenters. The van der Waals surface area contributed by atoms with E-state index in [9.17, 15) is 5.11 Å². The van der Waals surface area contributed by atoms with Crippen molar-refractivity contribution >= 4 is 5.96 Å². The third-order valence-electron chi connectivity index (χ3n) is 4.28. The first-order valence-electron chi connectivity index (χ1n) is 9.08. The van der Waals surface area contributed by atoms with Crippen molar-refractivity contribution < 1.29 is 14.3 Å². The molecule has 1 aliphatic rings. The van der Waals surface area contributed by atoms with E-state index in [-0.39, 0.29) is 6.54 Å². The normalized spacial score (nSPS) is 17.6. The van der Waals surface area contributed by atoms with E-state index in [0.29, 0.717) is 17.8 Å². The summed E-state index contributed by atoms with van der Waals surface area (Å²) in [6.07, 6.45) is 4.12. The Bertz CT molecular complexity index is 512. The summed E-state index contributed by atoms with van der Waals surface area (Å²) in [5.74, 6) is 1.23. The van der Waals surface area contributed by atoms with E-state index in [4.69, 9.17) is 9.15 Å². The molecule has 2 rings (SSSR count). The van der Waals surface area contributed by atoms with Gasteiger partial charge in [0.25, 0.3) is 0 Å². The maximum atomic E-state index is 10.5. The molecular formula is C18H32N4O3. The van der Waals surface area contributed by atoms with Crippen molar-refractivity contribution in [2.24, 2.45) is 4.99 Å². The number of ether oxygens (including phenoxy) is 1. The monoisotopic (exact) mass is 352 g/mol. The summed E-state index contributed by atoms with van der Waals surface area (Å²) < 4.78 is 10.5. The highest BCUT2D eigenvalue weighted by Crippen LogP contribution is 2.26. The van der Waals surface area contributed by atoms with Crippen LogP contribution < -0.4 is 10.6 Å². The Kier molecular flexibility index (Phi) is 7.74. The number of nitrogens with zero attached hydrogens (tertiary/aromatic N) is 2. The van der Waals surface area contributed by atoms with Crippen molar-refractivity contribution in [3.8, 4) is 0 Å². The standard InChI is InChI=1S/C18H32N4O3/c1-4-19-17(21-14-18(2,23)16-6-5-12-25-16)20-9-10-22(11-13-24-3)15-7-8-15/h5-6,12,15,23H,4,7-11,13-14H2,1-3H3,(H2,19,20,21). The van der Waals surface area contributed by atoms with E-state index in [1.807, 2.05) is 6.92 Å². The molecule has 142 valence electrons. The predicted octanol–water partition coefficient (Wildman–Crippen LogP) is 1.15. The van der Waals surface area contributed by atoms with Crippen LogP contribution in [0.15, 0.2) is 27.8 Å². The van der Waals surface area contributed by atoms with Crippen LogP contribution in [0.3, 0.4) is 0 Å². The summed E-state index contributed by atoms with van der Waals surface area (Å²) in [4.78, 5) is 6.96. The van der Waals surface area contributed by atoms with Gasteiger partial charge in [0.2, 0.25) is 0 Å². The van der Waals surface area contributed by atoms with Gasteiger partial charge in [0.15, 0.2) is 5.96 Å². The first-order chi connectivity index (χ1) is 12.1. The maximum absolute atomic E-state index is 10.5. The second kappa shape index (κ2) is 9.79. The van der Waals surface area contributed by atoms with Gasteiger partial charge in [-0.05, 0) is 38.8 Å². The number of hydrogen-bond donors (Lipinski definition) is 3. The van der Waals surface area contributed by atoms with Crippen LogP contribution in [0.5, 0.6) is 0 Å². The molecular weight excluding hydrogens is 320 g/mol. The summed E-state index contributed by atoms with van der Waals surface area (Å²) >= 11 is 0. The zero-order chi connectivity index (χ0) is 18.1. The Hall–Kier alpha value is -1.57. The number of aliphatic imine (C=N–C) groups is 1. The van der Waals surface area contributed by atoms with Crippen LogP contribution in [0.4, 0.5) is 0 Å². The molecule has 7 nitrogen and oxygen atoms in total. The molecule has 1 aromatic rings. The molecule has 1 atom stereocenters. The summed E-state index contributed by atoms with van der Waals surface area (Å²) in [7, 11) is 1.74. The Morgan fingerprint density at radius 1 is 1.44 bits per heavy atom. The average molecular weight is 352 g/mol. The van der Waals surface area contributed by atoms with E-state index < -0.39 is 5.60 Å². The van der Waals surface area contributed by atoms with Crippen LogP contribution in [0, 0.1) is 0 Å². The molecule has 7 heteroatoms. The van der Waals surface area contributed by atoms with Gasteiger partial charge in [-0.15, -0.1) is 0 Å². The average Bonchev–Trinajstić information content (AvgIpc) is 3.27. The van der Waals surface area contributed by atoms with Crippen LogP contribution in [0.25, 0.3) is 0 Å². The number of furan rings is 1. The minimum Gasteiger partial charge on any atom is -0.466 e. The smallest absolute Gasteiger partial charge is 0.191 e. The second-order valence-corrected chi connectivity index (χ2v) is 6.63. The molecule has 3 N–H and O–H groups in total. The fourth-order valence-corrected chi connectivity index (χ4v) is 2.68. The molecule has 1 heterocycles. The molecule has 25 heavy (non-hydrogen) atoms. The highest BCUT2D eigenvalue weighted by atomic mass is 16.5. The number of aliphatic hydroxyl groups is 1. The summed E-state index contributed by atoms with van der Waals surface area (Å²) in [6.45, 7) is 8.20. The lowest BCUT2D eigenvalue weighted by molar-refractivity contribution is 0.0437. The van der Waals surface area contributed by atoms with Gasteiger partial charge in [0, 0.05) is 39.3 Å². The van der Waals surface area contributed by atoms with Crippen LogP contribution in [0.2, 0.25) is 0 Å². The van der Waals surface area contributed by atoms with Crippen molar-refractivity contribution in [1.82, 2.24) is 15.5 Å². The zero-order valence-electron chi connectivity index (χ0n) is 15.6. The minimum atomic E-state index is -1.12. The third kappa shape index (κ3) is 6.68. The lowest BCUT2D eigenvalue weighted by Gasteiger charge is -2.23. The van der Waals surface area contributed by atoms with E-state index in [0.717, 1.165) is 32.8 Å². The molecule has 0 aliphatic heterocycles. The van der Waals surface area contributed by atoms with E-state index in [2.05, 4.69) is 20.5 Å². The van der Waals surface area contributed by atoms with Crippen molar-refractivity contribution in [1.29, 1.82) is 0 Å². The molecule has 1 saturated carbocycles. The number of nitrogens with one attached hydrogen (secondary N) is 2. The third-order valence-corrected chi connectivity index (χ3v) is 4.28. The summed E-state index contributed by atoms with van der Waals surface area (Å²) in [5.41, 5.74) is -1.12. The minimum absolute atomic E-state index is 0.228. The Morgan fingerprint density at radius 3 is 2.84 bits per heavy atom. The number of methoxy groups -OCH3 is 1. The molecule has 0 bridgehead atoms.